The molecule has 0 spiro atoms. The summed E-state index contributed by atoms with van der Waals surface area (Å²) in [6.45, 7) is 0. The Bertz CT molecular complexity index is 753. The molecule has 1 aromatic heterocycles. The average molecular weight is 303 g/mol. The molecule has 7 nitrogen and oxygen atoms in total. The van der Waals surface area contributed by atoms with Crippen LogP contribution in [0.2, 0.25) is 5.02 Å². The minimum absolute atomic E-state index is 0.0183. The Hall–Kier alpha value is -2.98. The van der Waals surface area contributed by atoms with Crippen molar-refractivity contribution in [3.8, 4) is 6.07 Å². The number of nitrogens with one attached hydrogen (secondary N) is 1. The molecule has 0 saturated carbocycles. The van der Waals surface area contributed by atoms with Gasteiger partial charge in [-0.25, -0.2) is 4.98 Å². The molecule has 0 fully saturated rings. The summed E-state index contributed by atoms with van der Waals surface area (Å²) in [7, 11) is 0. The topological polar surface area (TPSA) is 109 Å². The standard InChI is InChI=1S/C13H7ClN4O3/c14-12-4-3-10(18(20)21)5-11(12)13(19)17-9-2-1-8(6-15)16-7-9/h1-5,7H,(H,17,19). The van der Waals surface area contributed by atoms with Crippen LogP contribution < -0.4 is 5.32 Å². The molecule has 0 bridgehead atoms. The minimum atomic E-state index is -0.615. The Labute approximate surface area is 123 Å². The third-order valence-electron chi connectivity index (χ3n) is 2.54. The summed E-state index contributed by atoms with van der Waals surface area (Å²) in [6.07, 6.45) is 1.31. The van der Waals surface area contributed by atoms with Gasteiger partial charge in [0.1, 0.15) is 11.8 Å². The number of hydrogen-bond donors (Lipinski definition) is 1. The lowest BCUT2D eigenvalue weighted by atomic mass is 10.2. The van der Waals surface area contributed by atoms with E-state index in [4.69, 9.17) is 16.9 Å². The van der Waals surface area contributed by atoms with E-state index in [0.717, 1.165) is 6.07 Å². The largest absolute Gasteiger partial charge is 0.321 e. The first-order valence-corrected chi connectivity index (χ1v) is 6.00. The Balaban J connectivity index is 2.25. The molecule has 1 heterocycles. The van der Waals surface area contributed by atoms with Crippen LogP contribution in [0.5, 0.6) is 0 Å². The van der Waals surface area contributed by atoms with Crippen LogP contribution in [0.15, 0.2) is 36.5 Å². The molecule has 0 aliphatic heterocycles. The molecule has 21 heavy (non-hydrogen) atoms. The van der Waals surface area contributed by atoms with Gasteiger partial charge in [0.15, 0.2) is 0 Å². The van der Waals surface area contributed by atoms with Crippen molar-refractivity contribution in [1.82, 2.24) is 4.98 Å². The minimum Gasteiger partial charge on any atom is -0.321 e. The Morgan fingerprint density at radius 3 is 2.71 bits per heavy atom. The van der Waals surface area contributed by atoms with E-state index in [-0.39, 0.29) is 22.0 Å². The molecule has 0 saturated heterocycles. The number of nitriles is 1. The number of non-ortho nitro benzene ring substituents is 1. The third kappa shape index (κ3) is 3.32. The number of nitro groups is 1. The van der Waals surface area contributed by atoms with Crippen molar-refractivity contribution in [2.45, 2.75) is 0 Å². The molecule has 1 amide bonds. The van der Waals surface area contributed by atoms with Crippen LogP contribution >= 0.6 is 11.6 Å². The SMILES string of the molecule is N#Cc1ccc(NC(=O)c2cc([N+](=O)[O-])ccc2Cl)cn1. The summed E-state index contributed by atoms with van der Waals surface area (Å²) >= 11 is 5.87. The maximum atomic E-state index is 12.1. The number of carbonyl (C=O) groups is 1. The fraction of sp³-hybridized carbons (Fsp3) is 0. The Morgan fingerprint density at radius 1 is 1.38 bits per heavy atom. The lowest BCUT2D eigenvalue weighted by Gasteiger charge is -2.06. The molecule has 0 aliphatic rings. The van der Waals surface area contributed by atoms with E-state index in [0.29, 0.717) is 5.69 Å². The van der Waals surface area contributed by atoms with Gasteiger partial charge in [-0.1, -0.05) is 11.6 Å². The highest BCUT2D eigenvalue weighted by molar-refractivity contribution is 6.34. The molecule has 2 aromatic rings. The third-order valence-corrected chi connectivity index (χ3v) is 2.87. The van der Waals surface area contributed by atoms with Crippen LogP contribution in [0.1, 0.15) is 16.1 Å². The van der Waals surface area contributed by atoms with Crippen molar-refractivity contribution in [3.05, 3.63) is 62.9 Å². The second kappa shape index (κ2) is 5.98. The van der Waals surface area contributed by atoms with E-state index in [9.17, 15) is 14.9 Å². The number of aromatic nitrogens is 1. The number of anilines is 1. The Morgan fingerprint density at radius 2 is 2.14 bits per heavy atom. The van der Waals surface area contributed by atoms with Gasteiger partial charge < -0.3 is 5.32 Å². The second-order valence-electron chi connectivity index (χ2n) is 3.92. The molecule has 104 valence electrons. The summed E-state index contributed by atoms with van der Waals surface area (Å²) in [6, 6.07) is 8.36. The van der Waals surface area contributed by atoms with E-state index in [2.05, 4.69) is 10.3 Å². The highest BCUT2D eigenvalue weighted by atomic mass is 35.5. The molecule has 0 aliphatic carbocycles. The summed E-state index contributed by atoms with van der Waals surface area (Å²) in [4.78, 5) is 25.9. The molecule has 1 N–H and O–H groups in total. The first kappa shape index (κ1) is 14.4. The highest BCUT2D eigenvalue weighted by Gasteiger charge is 2.16. The fourth-order valence-corrected chi connectivity index (χ4v) is 1.74. The molecule has 0 radical (unpaired) electrons. The van der Waals surface area contributed by atoms with E-state index in [1.54, 1.807) is 0 Å². The zero-order valence-electron chi connectivity index (χ0n) is 10.4. The van der Waals surface area contributed by atoms with Crippen LogP contribution in [0, 0.1) is 21.4 Å². The first-order valence-electron chi connectivity index (χ1n) is 5.62. The van der Waals surface area contributed by atoms with Crippen molar-refractivity contribution < 1.29 is 9.72 Å². The normalized spacial score (nSPS) is 9.71. The maximum Gasteiger partial charge on any atom is 0.270 e. The Kier molecular flexibility index (Phi) is 4.11. The molecule has 1 aromatic carbocycles. The number of rotatable bonds is 3. The number of halogens is 1. The molecular formula is C13H7ClN4O3. The van der Waals surface area contributed by atoms with E-state index >= 15 is 0 Å². The van der Waals surface area contributed by atoms with Crippen molar-refractivity contribution in [2.24, 2.45) is 0 Å². The van der Waals surface area contributed by atoms with Gasteiger partial charge in [-0.15, -0.1) is 0 Å². The monoisotopic (exact) mass is 302 g/mol. The molecule has 0 atom stereocenters. The van der Waals surface area contributed by atoms with Gasteiger partial charge in [-0.2, -0.15) is 5.26 Å². The van der Waals surface area contributed by atoms with Gasteiger partial charge >= 0.3 is 0 Å². The predicted molar refractivity (Wildman–Crippen MR) is 75.0 cm³/mol. The van der Waals surface area contributed by atoms with Crippen LogP contribution in [0.4, 0.5) is 11.4 Å². The lowest BCUT2D eigenvalue weighted by Crippen LogP contribution is -2.13. The number of pyridine rings is 1. The number of nitrogens with zero attached hydrogens (tertiary/aromatic N) is 3. The zero-order chi connectivity index (χ0) is 15.4. The zero-order valence-corrected chi connectivity index (χ0v) is 11.2. The fourth-order valence-electron chi connectivity index (χ4n) is 1.53. The lowest BCUT2D eigenvalue weighted by molar-refractivity contribution is -0.384. The molecule has 0 unspecified atom stereocenters. The van der Waals surface area contributed by atoms with E-state index in [1.165, 1.54) is 30.5 Å². The predicted octanol–water partition coefficient (Wildman–Crippen LogP) is 2.77. The van der Waals surface area contributed by atoms with Crippen molar-refractivity contribution in [1.29, 1.82) is 5.26 Å². The number of amides is 1. The van der Waals surface area contributed by atoms with Crippen molar-refractivity contribution >= 4 is 28.9 Å². The second-order valence-corrected chi connectivity index (χ2v) is 4.33. The number of carbonyl (C=O) groups excluding carboxylic acids is 1. The van der Waals surface area contributed by atoms with E-state index in [1.807, 2.05) is 6.07 Å². The first-order chi connectivity index (χ1) is 10.0. The highest BCUT2D eigenvalue weighted by Crippen LogP contribution is 2.23. The maximum absolute atomic E-state index is 12.1. The number of nitro benzene ring substituents is 1. The number of hydrogen-bond acceptors (Lipinski definition) is 5. The summed E-state index contributed by atoms with van der Waals surface area (Å²) in [5, 5.41) is 21.9. The van der Waals surface area contributed by atoms with E-state index < -0.39 is 10.8 Å². The summed E-state index contributed by atoms with van der Waals surface area (Å²) in [5.74, 6) is -0.602. The van der Waals surface area contributed by atoms with Crippen molar-refractivity contribution in [2.75, 3.05) is 5.32 Å². The van der Waals surface area contributed by atoms with Gasteiger partial charge in [0.05, 0.1) is 27.4 Å². The van der Waals surface area contributed by atoms with Gasteiger partial charge in [0.25, 0.3) is 11.6 Å². The van der Waals surface area contributed by atoms with Crippen LogP contribution in [0.3, 0.4) is 0 Å². The quantitative estimate of drug-likeness (QED) is 0.692. The molecule has 2 rings (SSSR count). The number of benzene rings is 1. The van der Waals surface area contributed by atoms with Gasteiger partial charge in [-0.3, -0.25) is 14.9 Å². The smallest absolute Gasteiger partial charge is 0.270 e. The van der Waals surface area contributed by atoms with Crippen LogP contribution in [0.25, 0.3) is 0 Å². The molecular weight excluding hydrogens is 296 g/mol. The van der Waals surface area contributed by atoms with Crippen LogP contribution in [-0.2, 0) is 0 Å². The summed E-state index contributed by atoms with van der Waals surface area (Å²) < 4.78 is 0. The molecule has 8 heteroatoms. The van der Waals surface area contributed by atoms with Gasteiger partial charge in [0, 0.05) is 12.1 Å². The average Bonchev–Trinajstić information content (AvgIpc) is 2.48. The van der Waals surface area contributed by atoms with Gasteiger partial charge in [-0.05, 0) is 18.2 Å². The van der Waals surface area contributed by atoms with Crippen LogP contribution in [-0.4, -0.2) is 15.8 Å². The summed E-state index contributed by atoms with van der Waals surface area (Å²) in [5.41, 5.74) is 0.306. The van der Waals surface area contributed by atoms with Gasteiger partial charge in [0.2, 0.25) is 0 Å². The van der Waals surface area contributed by atoms with Crippen molar-refractivity contribution in [3.63, 3.8) is 0 Å².